The monoisotopic (exact) mass is 564 g/mol. The zero-order valence-electron chi connectivity index (χ0n) is 16.2. The second-order valence-electron chi connectivity index (χ2n) is 6.33. The molecule has 0 saturated heterocycles. The molecule has 8 nitrogen and oxygen atoms in total. The van der Waals surface area contributed by atoms with Crippen LogP contribution in [0.3, 0.4) is 0 Å². The summed E-state index contributed by atoms with van der Waals surface area (Å²) in [6.45, 7) is 1.88. The van der Waals surface area contributed by atoms with E-state index in [0.717, 1.165) is 52.8 Å². The summed E-state index contributed by atoms with van der Waals surface area (Å²) in [7, 11) is 5.09. The Balaban J connectivity index is 0.00000280. The lowest BCUT2D eigenvalue weighted by atomic mass is 10.1. The number of hydrogen-bond donors (Lipinski definition) is 2. The molecule has 1 unspecified atom stereocenters. The Labute approximate surface area is 190 Å². The molecular weight excluding hydrogens is 539 g/mol. The molecule has 2 N–H and O–H groups in total. The number of aromatic nitrogens is 3. The quantitative estimate of drug-likeness (QED) is 0.318. The maximum Gasteiger partial charge on any atom is 0.191 e. The lowest BCUT2D eigenvalue weighted by Crippen LogP contribution is -2.46. The molecule has 0 aliphatic carbocycles. The molecule has 2 heterocycles. The molecule has 2 aromatic rings. The standard InChI is InChI=1S/C18H25BrN6O2.HI/c1-20-18(21-9-12-4-6-15(27-3)14(19)8-12)22-13-5-7-17-23-16(11-26-2)24-25(17)10-13;/h4,6,8,13H,5,7,9-11H2,1-3H3,(H2,20,21,22);1H. The Kier molecular flexibility index (Phi) is 8.96. The largest absolute Gasteiger partial charge is 0.496 e. The smallest absolute Gasteiger partial charge is 0.191 e. The topological polar surface area (TPSA) is 85.6 Å². The molecule has 0 radical (unpaired) electrons. The first-order valence-corrected chi connectivity index (χ1v) is 9.63. The molecule has 1 aliphatic rings. The molecule has 0 saturated carbocycles. The predicted octanol–water partition coefficient (Wildman–Crippen LogP) is 2.49. The zero-order chi connectivity index (χ0) is 19.2. The Hall–Kier alpha value is -1.40. The molecule has 1 aromatic heterocycles. The van der Waals surface area contributed by atoms with Crippen molar-refractivity contribution in [2.75, 3.05) is 21.3 Å². The van der Waals surface area contributed by atoms with Crippen LogP contribution >= 0.6 is 39.9 Å². The first kappa shape index (κ1) is 22.9. The molecule has 0 bridgehead atoms. The molecular formula is C18H26BrIN6O2. The minimum atomic E-state index is 0. The number of nitrogens with one attached hydrogen (secondary N) is 2. The summed E-state index contributed by atoms with van der Waals surface area (Å²) in [4.78, 5) is 8.85. The van der Waals surface area contributed by atoms with Crippen LogP contribution in [0.4, 0.5) is 0 Å². The maximum atomic E-state index is 5.27. The van der Waals surface area contributed by atoms with E-state index in [9.17, 15) is 0 Å². The summed E-state index contributed by atoms with van der Waals surface area (Å²) < 4.78 is 13.3. The van der Waals surface area contributed by atoms with Crippen molar-refractivity contribution in [3.8, 4) is 5.75 Å². The molecule has 3 rings (SSSR count). The minimum absolute atomic E-state index is 0. The van der Waals surface area contributed by atoms with Gasteiger partial charge >= 0.3 is 0 Å². The number of ether oxygens (including phenoxy) is 2. The van der Waals surface area contributed by atoms with E-state index in [2.05, 4.69) is 41.6 Å². The van der Waals surface area contributed by atoms with Gasteiger partial charge in [-0.2, -0.15) is 5.10 Å². The summed E-state index contributed by atoms with van der Waals surface area (Å²) in [6.07, 6.45) is 1.87. The van der Waals surface area contributed by atoms with Gasteiger partial charge in [-0.25, -0.2) is 9.67 Å². The van der Waals surface area contributed by atoms with E-state index in [1.165, 1.54) is 0 Å². The average molecular weight is 565 g/mol. The highest BCUT2D eigenvalue weighted by Crippen LogP contribution is 2.25. The van der Waals surface area contributed by atoms with Crippen molar-refractivity contribution in [1.29, 1.82) is 0 Å². The Morgan fingerprint density at radius 3 is 2.89 bits per heavy atom. The highest BCUT2D eigenvalue weighted by Gasteiger charge is 2.22. The number of aryl methyl sites for hydroxylation is 1. The highest BCUT2D eigenvalue weighted by molar-refractivity contribution is 14.0. The van der Waals surface area contributed by atoms with E-state index in [4.69, 9.17) is 9.47 Å². The second-order valence-corrected chi connectivity index (χ2v) is 7.19. The van der Waals surface area contributed by atoms with Crippen LogP contribution in [0.1, 0.15) is 23.6 Å². The van der Waals surface area contributed by atoms with Gasteiger partial charge in [0, 0.05) is 33.2 Å². The van der Waals surface area contributed by atoms with Crippen LogP contribution in [0.2, 0.25) is 0 Å². The third kappa shape index (κ3) is 5.80. The Morgan fingerprint density at radius 2 is 2.21 bits per heavy atom. The number of fused-ring (bicyclic) bond motifs is 1. The van der Waals surface area contributed by atoms with Crippen molar-refractivity contribution in [2.24, 2.45) is 4.99 Å². The molecule has 1 atom stereocenters. The number of hydrogen-bond acceptors (Lipinski definition) is 5. The number of rotatable bonds is 6. The number of nitrogens with zero attached hydrogens (tertiary/aromatic N) is 4. The number of methoxy groups -OCH3 is 2. The fourth-order valence-corrected chi connectivity index (χ4v) is 3.65. The van der Waals surface area contributed by atoms with Crippen molar-refractivity contribution in [2.45, 2.75) is 38.6 Å². The summed E-state index contributed by atoms with van der Waals surface area (Å²) in [6, 6.07) is 6.27. The van der Waals surface area contributed by atoms with Crippen molar-refractivity contribution in [1.82, 2.24) is 25.4 Å². The third-order valence-corrected chi connectivity index (χ3v) is 5.04. The van der Waals surface area contributed by atoms with Gasteiger partial charge in [0.25, 0.3) is 0 Å². The SMILES string of the molecule is CN=C(NCc1ccc(OC)c(Br)c1)NC1CCc2nc(COC)nn2C1.I. The zero-order valence-corrected chi connectivity index (χ0v) is 20.2. The molecule has 10 heteroatoms. The minimum Gasteiger partial charge on any atom is -0.496 e. The van der Waals surface area contributed by atoms with Crippen LogP contribution in [0.5, 0.6) is 5.75 Å². The summed E-state index contributed by atoms with van der Waals surface area (Å²) in [5.74, 6) is 3.35. The Bertz CT molecular complexity index is 813. The van der Waals surface area contributed by atoms with E-state index < -0.39 is 0 Å². The molecule has 0 amide bonds. The van der Waals surface area contributed by atoms with Gasteiger partial charge in [0.1, 0.15) is 18.2 Å². The van der Waals surface area contributed by atoms with Gasteiger partial charge in [-0.15, -0.1) is 24.0 Å². The second kappa shape index (κ2) is 11.0. The van der Waals surface area contributed by atoms with Gasteiger partial charge in [0.05, 0.1) is 18.1 Å². The molecule has 0 spiro atoms. The molecule has 0 fully saturated rings. The van der Waals surface area contributed by atoms with Gasteiger partial charge < -0.3 is 20.1 Å². The van der Waals surface area contributed by atoms with E-state index in [1.54, 1.807) is 21.3 Å². The van der Waals surface area contributed by atoms with Crippen molar-refractivity contribution >= 4 is 45.9 Å². The lowest BCUT2D eigenvalue weighted by molar-refractivity contribution is 0.177. The number of guanidine groups is 1. The van der Waals surface area contributed by atoms with Crippen LogP contribution in [0.15, 0.2) is 27.7 Å². The Morgan fingerprint density at radius 1 is 1.39 bits per heavy atom. The fourth-order valence-electron chi connectivity index (χ4n) is 3.06. The average Bonchev–Trinajstić information content (AvgIpc) is 3.07. The van der Waals surface area contributed by atoms with E-state index in [-0.39, 0.29) is 30.0 Å². The first-order chi connectivity index (χ1) is 13.1. The molecule has 28 heavy (non-hydrogen) atoms. The van der Waals surface area contributed by atoms with Gasteiger partial charge in [-0.05, 0) is 40.0 Å². The van der Waals surface area contributed by atoms with Gasteiger partial charge in [0.2, 0.25) is 0 Å². The first-order valence-electron chi connectivity index (χ1n) is 8.84. The van der Waals surface area contributed by atoms with Crippen LogP contribution in [0.25, 0.3) is 0 Å². The predicted molar refractivity (Wildman–Crippen MR) is 122 cm³/mol. The number of halogens is 2. The van der Waals surface area contributed by atoms with Crippen LogP contribution in [-0.2, 0) is 30.9 Å². The van der Waals surface area contributed by atoms with Gasteiger partial charge in [-0.3, -0.25) is 4.99 Å². The molecule has 1 aromatic carbocycles. The number of aliphatic imine (C=N–C) groups is 1. The maximum absolute atomic E-state index is 5.27. The van der Waals surface area contributed by atoms with Crippen LogP contribution < -0.4 is 15.4 Å². The van der Waals surface area contributed by atoms with Crippen molar-refractivity contribution in [3.63, 3.8) is 0 Å². The van der Waals surface area contributed by atoms with E-state index >= 15 is 0 Å². The van der Waals surface area contributed by atoms with Crippen molar-refractivity contribution < 1.29 is 9.47 Å². The molecule has 154 valence electrons. The molecule has 1 aliphatic heterocycles. The summed E-state index contributed by atoms with van der Waals surface area (Å²) in [5.41, 5.74) is 1.14. The van der Waals surface area contributed by atoms with E-state index in [0.29, 0.717) is 13.2 Å². The van der Waals surface area contributed by atoms with Crippen LogP contribution in [-0.4, -0.2) is 48.0 Å². The van der Waals surface area contributed by atoms with Crippen LogP contribution in [0, 0.1) is 0 Å². The van der Waals surface area contributed by atoms with E-state index in [1.807, 2.05) is 22.9 Å². The normalized spacial score (nSPS) is 16.1. The third-order valence-electron chi connectivity index (χ3n) is 4.42. The number of benzene rings is 1. The van der Waals surface area contributed by atoms with Gasteiger partial charge in [0.15, 0.2) is 11.8 Å². The summed E-state index contributed by atoms with van der Waals surface area (Å²) >= 11 is 3.52. The highest BCUT2D eigenvalue weighted by atomic mass is 127. The lowest BCUT2D eigenvalue weighted by Gasteiger charge is -2.25. The fraction of sp³-hybridized carbons (Fsp3) is 0.500. The summed E-state index contributed by atoms with van der Waals surface area (Å²) in [5, 5.41) is 11.3. The van der Waals surface area contributed by atoms with Gasteiger partial charge in [-0.1, -0.05) is 6.07 Å². The van der Waals surface area contributed by atoms with Crippen molar-refractivity contribution in [3.05, 3.63) is 39.9 Å².